The average molecular weight is 388 g/mol. The van der Waals surface area contributed by atoms with Crippen LogP contribution in [-0.4, -0.2) is 25.2 Å². The number of aromatic nitrogens is 1. The molecule has 0 bridgehead atoms. The minimum atomic E-state index is 0.670. The second-order valence-corrected chi connectivity index (χ2v) is 6.64. The maximum absolute atomic E-state index is 6.13. The number of nitrogens with zero attached hydrogens (tertiary/aromatic N) is 1. The summed E-state index contributed by atoms with van der Waals surface area (Å²) in [6.07, 6.45) is 1.75. The molecule has 0 radical (unpaired) electrons. The highest BCUT2D eigenvalue weighted by Gasteiger charge is 2.06. The summed E-state index contributed by atoms with van der Waals surface area (Å²) >= 11 is 11.3. The lowest BCUT2D eigenvalue weighted by Gasteiger charge is -2.09. The van der Waals surface area contributed by atoms with Crippen molar-refractivity contribution in [2.45, 2.75) is 16.5 Å². The first-order valence-electron chi connectivity index (χ1n) is 6.47. The van der Waals surface area contributed by atoms with Crippen LogP contribution >= 0.6 is 39.3 Å². The summed E-state index contributed by atoms with van der Waals surface area (Å²) in [7, 11) is 1.70. The Bertz CT molecular complexity index is 598. The number of ether oxygens (including phenoxy) is 1. The molecule has 0 aliphatic carbocycles. The first kappa shape index (κ1) is 16.8. The number of benzene rings is 1. The highest BCUT2D eigenvalue weighted by atomic mass is 79.9. The molecule has 0 aliphatic heterocycles. The average Bonchev–Trinajstić information content (AvgIpc) is 2.48. The molecule has 0 amide bonds. The quantitative estimate of drug-likeness (QED) is 0.715. The highest BCUT2D eigenvalue weighted by molar-refractivity contribution is 9.10. The molecule has 0 aliphatic rings. The second kappa shape index (κ2) is 8.76. The van der Waals surface area contributed by atoms with Crippen LogP contribution in [0.1, 0.15) is 5.56 Å². The van der Waals surface area contributed by atoms with E-state index in [1.807, 2.05) is 12.1 Å². The van der Waals surface area contributed by atoms with Gasteiger partial charge in [-0.3, -0.25) is 0 Å². The number of hydrogen-bond donors (Lipinski definition) is 1. The van der Waals surface area contributed by atoms with E-state index in [1.54, 1.807) is 25.1 Å². The molecular weight excluding hydrogens is 372 g/mol. The van der Waals surface area contributed by atoms with Crippen molar-refractivity contribution in [1.82, 2.24) is 10.3 Å². The minimum absolute atomic E-state index is 0.670. The van der Waals surface area contributed by atoms with Gasteiger partial charge >= 0.3 is 0 Å². The van der Waals surface area contributed by atoms with Gasteiger partial charge < -0.3 is 10.1 Å². The van der Waals surface area contributed by atoms with E-state index in [9.17, 15) is 0 Å². The summed E-state index contributed by atoms with van der Waals surface area (Å²) in [4.78, 5) is 5.39. The first-order chi connectivity index (χ1) is 10.2. The molecule has 0 saturated carbocycles. The lowest BCUT2D eigenvalue weighted by molar-refractivity contribution is 0.199. The van der Waals surface area contributed by atoms with E-state index >= 15 is 0 Å². The number of rotatable bonds is 7. The molecular formula is C15H16BrClN2OS. The third-order valence-electron chi connectivity index (χ3n) is 2.76. The fourth-order valence-corrected chi connectivity index (χ4v) is 3.41. The smallest absolute Gasteiger partial charge is 0.119 e. The van der Waals surface area contributed by atoms with Crippen LogP contribution in [0, 0.1) is 0 Å². The van der Waals surface area contributed by atoms with Gasteiger partial charge in [0.25, 0.3) is 0 Å². The zero-order chi connectivity index (χ0) is 15.1. The van der Waals surface area contributed by atoms with Crippen LogP contribution in [0.3, 0.4) is 0 Å². The molecule has 0 spiro atoms. The topological polar surface area (TPSA) is 34.1 Å². The molecule has 112 valence electrons. The van der Waals surface area contributed by atoms with Crippen LogP contribution < -0.4 is 5.32 Å². The zero-order valence-electron chi connectivity index (χ0n) is 11.6. The fourth-order valence-electron chi connectivity index (χ4n) is 1.69. The third kappa shape index (κ3) is 5.27. The van der Waals surface area contributed by atoms with Crippen LogP contribution in [0.15, 0.2) is 50.9 Å². The van der Waals surface area contributed by atoms with Gasteiger partial charge in [0.05, 0.1) is 11.6 Å². The summed E-state index contributed by atoms with van der Waals surface area (Å²) in [6.45, 7) is 2.35. The van der Waals surface area contributed by atoms with Crippen molar-refractivity contribution >= 4 is 39.3 Å². The van der Waals surface area contributed by atoms with Crippen molar-refractivity contribution < 1.29 is 4.74 Å². The number of methoxy groups -OCH3 is 1. The lowest BCUT2D eigenvalue weighted by Crippen LogP contribution is -2.18. The molecule has 0 unspecified atom stereocenters. The monoisotopic (exact) mass is 386 g/mol. The predicted molar refractivity (Wildman–Crippen MR) is 91.1 cm³/mol. The van der Waals surface area contributed by atoms with Crippen molar-refractivity contribution in [3.63, 3.8) is 0 Å². The van der Waals surface area contributed by atoms with E-state index in [0.717, 1.165) is 27.5 Å². The summed E-state index contributed by atoms with van der Waals surface area (Å²) in [5.41, 5.74) is 1.21. The maximum Gasteiger partial charge on any atom is 0.119 e. The SMILES string of the molecule is COCCNCc1ccc(Sc2ncccc2Cl)cc1Br. The predicted octanol–water partition coefficient (Wildman–Crippen LogP) is 4.38. The van der Waals surface area contributed by atoms with Gasteiger partial charge in [0, 0.05) is 35.8 Å². The normalized spacial score (nSPS) is 10.8. The molecule has 3 nitrogen and oxygen atoms in total. The molecule has 2 aromatic rings. The van der Waals surface area contributed by atoms with Gasteiger partial charge in [-0.15, -0.1) is 0 Å². The molecule has 2 rings (SSSR count). The van der Waals surface area contributed by atoms with Crippen LogP contribution in [0.5, 0.6) is 0 Å². The van der Waals surface area contributed by atoms with E-state index in [0.29, 0.717) is 11.6 Å². The number of halogens is 2. The molecule has 1 N–H and O–H groups in total. The molecule has 1 aromatic carbocycles. The molecule has 0 fully saturated rings. The van der Waals surface area contributed by atoms with Gasteiger partial charge in [0.1, 0.15) is 5.03 Å². The number of pyridine rings is 1. The summed E-state index contributed by atoms with van der Waals surface area (Å²) < 4.78 is 6.08. The standard InChI is InChI=1S/C15H16BrClN2OS/c1-20-8-7-18-10-11-4-5-12(9-13(11)16)21-15-14(17)3-2-6-19-15/h2-6,9,18H,7-8,10H2,1H3. The zero-order valence-corrected chi connectivity index (χ0v) is 14.8. The van der Waals surface area contributed by atoms with Crippen LogP contribution in [0.25, 0.3) is 0 Å². The number of hydrogen-bond acceptors (Lipinski definition) is 4. The molecule has 1 aromatic heterocycles. The van der Waals surface area contributed by atoms with E-state index in [2.05, 4.69) is 44.4 Å². The van der Waals surface area contributed by atoms with Gasteiger partial charge in [0.2, 0.25) is 0 Å². The Balaban J connectivity index is 2.00. The Morgan fingerprint density at radius 3 is 2.95 bits per heavy atom. The second-order valence-electron chi connectivity index (χ2n) is 4.32. The molecule has 0 atom stereocenters. The lowest BCUT2D eigenvalue weighted by atomic mass is 10.2. The van der Waals surface area contributed by atoms with Crippen LogP contribution in [0.2, 0.25) is 5.02 Å². The molecule has 21 heavy (non-hydrogen) atoms. The van der Waals surface area contributed by atoms with Crippen molar-refractivity contribution in [3.8, 4) is 0 Å². The van der Waals surface area contributed by atoms with E-state index in [1.165, 1.54) is 5.56 Å². The Labute approximate surface area is 142 Å². The van der Waals surface area contributed by atoms with Crippen molar-refractivity contribution in [3.05, 3.63) is 51.6 Å². The third-order valence-corrected chi connectivity index (χ3v) is 4.93. The number of nitrogens with one attached hydrogen (secondary N) is 1. The summed E-state index contributed by atoms with van der Waals surface area (Å²) in [5, 5.41) is 4.81. The van der Waals surface area contributed by atoms with E-state index < -0.39 is 0 Å². The Kier molecular flexibility index (Phi) is 6.99. The highest BCUT2D eigenvalue weighted by Crippen LogP contribution is 2.33. The maximum atomic E-state index is 6.13. The van der Waals surface area contributed by atoms with Gasteiger partial charge in [-0.05, 0) is 29.8 Å². The Morgan fingerprint density at radius 2 is 2.24 bits per heavy atom. The van der Waals surface area contributed by atoms with Gasteiger partial charge in [-0.2, -0.15) is 0 Å². The summed E-state index contributed by atoms with van der Waals surface area (Å²) in [5.74, 6) is 0. The van der Waals surface area contributed by atoms with Gasteiger partial charge in [0.15, 0.2) is 0 Å². The van der Waals surface area contributed by atoms with Crippen molar-refractivity contribution in [2.75, 3.05) is 20.3 Å². The van der Waals surface area contributed by atoms with E-state index in [-0.39, 0.29) is 0 Å². The van der Waals surface area contributed by atoms with Gasteiger partial charge in [-0.25, -0.2) is 4.98 Å². The van der Waals surface area contributed by atoms with Gasteiger partial charge in [-0.1, -0.05) is 45.4 Å². The van der Waals surface area contributed by atoms with Crippen molar-refractivity contribution in [1.29, 1.82) is 0 Å². The molecule has 0 saturated heterocycles. The van der Waals surface area contributed by atoms with Crippen LogP contribution in [0.4, 0.5) is 0 Å². The van der Waals surface area contributed by atoms with Crippen LogP contribution in [-0.2, 0) is 11.3 Å². The summed E-state index contributed by atoms with van der Waals surface area (Å²) in [6, 6.07) is 9.94. The molecule has 1 heterocycles. The minimum Gasteiger partial charge on any atom is -0.383 e. The molecule has 6 heteroatoms. The Hall–Kier alpha value is -0.590. The largest absolute Gasteiger partial charge is 0.383 e. The fraction of sp³-hybridized carbons (Fsp3) is 0.267. The first-order valence-corrected chi connectivity index (χ1v) is 8.46. The van der Waals surface area contributed by atoms with Crippen molar-refractivity contribution in [2.24, 2.45) is 0 Å². The Morgan fingerprint density at radius 1 is 1.38 bits per heavy atom. The van der Waals surface area contributed by atoms with E-state index in [4.69, 9.17) is 16.3 Å².